The Hall–Kier alpha value is -3.47. The van der Waals surface area contributed by atoms with Gasteiger partial charge in [0, 0.05) is 24.4 Å². The fourth-order valence-electron chi connectivity index (χ4n) is 2.93. The number of carbonyl (C=O) groups excluding carboxylic acids is 1. The number of fused-ring (bicyclic) bond motifs is 1. The number of carbonyl (C=O) groups is 1. The van der Waals surface area contributed by atoms with Gasteiger partial charge in [-0.15, -0.1) is 0 Å². The van der Waals surface area contributed by atoms with E-state index in [0.717, 1.165) is 22.6 Å². The quantitative estimate of drug-likeness (QED) is 0.737. The molecule has 1 aliphatic rings. The molecular weight excluding hydrogens is 326 g/mol. The van der Waals surface area contributed by atoms with E-state index in [1.54, 1.807) is 18.3 Å². The maximum atomic E-state index is 12.3. The molecule has 0 radical (unpaired) electrons. The summed E-state index contributed by atoms with van der Waals surface area (Å²) in [4.78, 5) is 16.2. The second kappa shape index (κ2) is 7.19. The molecule has 1 amide bonds. The van der Waals surface area contributed by atoms with E-state index in [2.05, 4.69) is 15.5 Å². The van der Waals surface area contributed by atoms with Gasteiger partial charge in [-0.2, -0.15) is 5.10 Å². The minimum Gasteiger partial charge on any atom is -0.485 e. The third-order valence-electron chi connectivity index (χ3n) is 4.23. The number of aromatic nitrogens is 1. The summed E-state index contributed by atoms with van der Waals surface area (Å²) in [7, 11) is 0. The molecule has 2 heterocycles. The Morgan fingerprint density at radius 1 is 1.04 bits per heavy atom. The summed E-state index contributed by atoms with van der Waals surface area (Å²) in [5, 5.41) is 4.39. The minimum absolute atomic E-state index is 0.139. The van der Waals surface area contributed by atoms with Gasteiger partial charge in [-0.25, -0.2) is 5.43 Å². The van der Waals surface area contributed by atoms with Gasteiger partial charge in [-0.05, 0) is 29.8 Å². The average molecular weight is 343 g/mol. The zero-order valence-corrected chi connectivity index (χ0v) is 14.0. The second-order valence-corrected chi connectivity index (χ2v) is 5.96. The molecule has 0 aliphatic carbocycles. The summed E-state index contributed by atoms with van der Waals surface area (Å²) in [5.74, 6) is 0.479. The Morgan fingerprint density at radius 3 is 2.65 bits per heavy atom. The van der Waals surface area contributed by atoms with Crippen molar-refractivity contribution in [2.24, 2.45) is 5.10 Å². The molecular formula is C21H17N3O2. The normalized spacial score (nSPS) is 17.2. The monoisotopic (exact) mass is 343 g/mol. The van der Waals surface area contributed by atoms with Crippen molar-refractivity contribution < 1.29 is 9.53 Å². The summed E-state index contributed by atoms with van der Waals surface area (Å²) in [5.41, 5.74) is 5.87. The summed E-state index contributed by atoms with van der Waals surface area (Å²) >= 11 is 0. The zero-order valence-electron chi connectivity index (χ0n) is 14.0. The third kappa shape index (κ3) is 3.32. The Morgan fingerprint density at radius 2 is 1.85 bits per heavy atom. The summed E-state index contributed by atoms with van der Waals surface area (Å²) in [6, 6.07) is 21.2. The van der Waals surface area contributed by atoms with Crippen LogP contribution in [0.3, 0.4) is 0 Å². The Balaban J connectivity index is 1.62. The molecule has 0 spiro atoms. The lowest BCUT2D eigenvalue weighted by Crippen LogP contribution is -2.25. The Bertz CT molecular complexity index is 940. The lowest BCUT2D eigenvalue weighted by molar-refractivity contribution is 0.0954. The van der Waals surface area contributed by atoms with Gasteiger partial charge >= 0.3 is 0 Å². The van der Waals surface area contributed by atoms with Crippen LogP contribution in [0, 0.1) is 0 Å². The molecule has 0 bridgehead atoms. The number of benzene rings is 2. The highest BCUT2D eigenvalue weighted by molar-refractivity contribution is 6.05. The Labute approximate surface area is 151 Å². The van der Waals surface area contributed by atoms with E-state index in [1.807, 2.05) is 54.6 Å². The van der Waals surface area contributed by atoms with Crippen molar-refractivity contribution in [2.45, 2.75) is 12.5 Å². The van der Waals surface area contributed by atoms with Crippen LogP contribution in [-0.4, -0.2) is 16.6 Å². The van der Waals surface area contributed by atoms with Gasteiger partial charge in [-0.1, -0.05) is 42.5 Å². The van der Waals surface area contributed by atoms with E-state index in [9.17, 15) is 4.79 Å². The molecule has 0 saturated heterocycles. The largest absolute Gasteiger partial charge is 0.485 e. The Kier molecular flexibility index (Phi) is 4.43. The van der Waals surface area contributed by atoms with Crippen LogP contribution in [0.4, 0.5) is 0 Å². The van der Waals surface area contributed by atoms with Crippen LogP contribution < -0.4 is 10.2 Å². The first kappa shape index (κ1) is 16.0. The molecule has 1 atom stereocenters. The number of hydrogen-bond donors (Lipinski definition) is 1. The van der Waals surface area contributed by atoms with Crippen LogP contribution in [0.5, 0.6) is 5.75 Å². The van der Waals surface area contributed by atoms with Crippen molar-refractivity contribution >= 4 is 11.6 Å². The van der Waals surface area contributed by atoms with E-state index in [0.29, 0.717) is 12.0 Å². The van der Waals surface area contributed by atoms with Crippen LogP contribution in [0.25, 0.3) is 0 Å². The average Bonchev–Trinajstić information content (AvgIpc) is 2.73. The topological polar surface area (TPSA) is 63.6 Å². The van der Waals surface area contributed by atoms with Crippen molar-refractivity contribution in [1.29, 1.82) is 0 Å². The first-order valence-electron chi connectivity index (χ1n) is 8.39. The predicted molar refractivity (Wildman–Crippen MR) is 99.1 cm³/mol. The second-order valence-electron chi connectivity index (χ2n) is 5.96. The molecule has 3 aromatic rings. The fourth-order valence-corrected chi connectivity index (χ4v) is 2.93. The zero-order chi connectivity index (χ0) is 17.8. The van der Waals surface area contributed by atoms with Crippen molar-refractivity contribution in [3.63, 3.8) is 0 Å². The number of nitrogens with zero attached hydrogens (tertiary/aromatic N) is 2. The molecule has 1 aliphatic heterocycles. The molecule has 0 unspecified atom stereocenters. The summed E-state index contributed by atoms with van der Waals surface area (Å²) in [6.07, 6.45) is 3.58. The van der Waals surface area contributed by atoms with Crippen molar-refractivity contribution in [2.75, 3.05) is 0 Å². The highest BCUT2D eigenvalue weighted by Crippen LogP contribution is 2.34. The van der Waals surface area contributed by atoms with Gasteiger partial charge in [0.15, 0.2) is 0 Å². The first-order chi connectivity index (χ1) is 12.8. The molecule has 26 heavy (non-hydrogen) atoms. The number of nitrogens with one attached hydrogen (secondary N) is 1. The number of amides is 1. The van der Waals surface area contributed by atoms with Crippen molar-refractivity contribution in [3.8, 4) is 5.75 Å². The highest BCUT2D eigenvalue weighted by Gasteiger charge is 2.26. The number of ether oxygens (including phenoxy) is 1. The number of hydrogen-bond acceptors (Lipinski definition) is 4. The van der Waals surface area contributed by atoms with Gasteiger partial charge in [0.1, 0.15) is 11.9 Å². The predicted octanol–water partition coefficient (Wildman–Crippen LogP) is 3.74. The molecule has 0 saturated carbocycles. The van der Waals surface area contributed by atoms with Crippen LogP contribution in [0.2, 0.25) is 0 Å². The van der Waals surface area contributed by atoms with Crippen molar-refractivity contribution in [1.82, 2.24) is 10.4 Å². The van der Waals surface area contributed by atoms with E-state index >= 15 is 0 Å². The molecule has 2 aromatic carbocycles. The number of hydrazone groups is 1. The van der Waals surface area contributed by atoms with Crippen LogP contribution >= 0.6 is 0 Å². The van der Waals surface area contributed by atoms with Crippen molar-refractivity contribution in [3.05, 3.63) is 95.8 Å². The first-order valence-corrected chi connectivity index (χ1v) is 8.39. The molecule has 1 N–H and O–H groups in total. The molecule has 5 nitrogen and oxygen atoms in total. The molecule has 4 rings (SSSR count). The number of pyridine rings is 1. The van der Waals surface area contributed by atoms with E-state index in [-0.39, 0.29) is 12.0 Å². The van der Waals surface area contributed by atoms with Gasteiger partial charge in [0.25, 0.3) is 5.91 Å². The highest BCUT2D eigenvalue weighted by atomic mass is 16.5. The third-order valence-corrected chi connectivity index (χ3v) is 4.23. The molecule has 128 valence electrons. The summed E-state index contributed by atoms with van der Waals surface area (Å²) in [6.45, 7) is 0. The van der Waals surface area contributed by atoms with Gasteiger partial charge in [-0.3, -0.25) is 9.78 Å². The lowest BCUT2D eigenvalue weighted by Gasteiger charge is -2.27. The van der Waals surface area contributed by atoms with E-state index in [1.165, 1.54) is 6.20 Å². The smallest absolute Gasteiger partial charge is 0.272 e. The van der Waals surface area contributed by atoms with Crippen LogP contribution in [0.1, 0.15) is 34.0 Å². The van der Waals surface area contributed by atoms with Crippen LogP contribution in [-0.2, 0) is 0 Å². The molecule has 0 fully saturated rings. The minimum atomic E-state index is -0.286. The molecule has 5 heteroatoms. The van der Waals surface area contributed by atoms with Gasteiger partial charge < -0.3 is 4.74 Å². The van der Waals surface area contributed by atoms with E-state index < -0.39 is 0 Å². The number of rotatable bonds is 3. The fraction of sp³-hybridized carbons (Fsp3) is 0.0952. The molecule has 1 aromatic heterocycles. The maximum absolute atomic E-state index is 12.3. The van der Waals surface area contributed by atoms with Gasteiger partial charge in [0.2, 0.25) is 0 Å². The van der Waals surface area contributed by atoms with Gasteiger partial charge in [0.05, 0.1) is 11.3 Å². The van der Waals surface area contributed by atoms with Crippen LogP contribution in [0.15, 0.2) is 84.2 Å². The number of para-hydroxylation sites is 1. The SMILES string of the molecule is O=C(N/N=C1/C[C@@H](c2ccccc2)Oc2ccccc21)c1cccnc1. The summed E-state index contributed by atoms with van der Waals surface area (Å²) < 4.78 is 6.14. The standard InChI is InChI=1S/C21H17N3O2/c25-21(16-9-6-12-22-14-16)24-23-18-13-20(15-7-2-1-3-8-15)26-19-11-5-4-10-17(18)19/h1-12,14,20H,13H2,(H,24,25)/b23-18-/t20-/m0/s1. The lowest BCUT2D eigenvalue weighted by atomic mass is 9.96. The van der Waals surface area contributed by atoms with E-state index in [4.69, 9.17) is 4.74 Å². The maximum Gasteiger partial charge on any atom is 0.272 e.